The number of hydrogen-bond donors (Lipinski definition) is 0. The van der Waals surface area contributed by atoms with Crippen molar-refractivity contribution >= 4 is 54.3 Å². The minimum absolute atomic E-state index is 0.673. The zero-order valence-electron chi connectivity index (χ0n) is 36.4. The maximum absolute atomic E-state index is 5.44. The molecule has 13 aromatic rings. The number of fused-ring (bicyclic) bond motifs is 8. The van der Waals surface area contributed by atoms with Crippen molar-refractivity contribution in [3.05, 3.63) is 243 Å². The molecule has 4 nitrogen and oxygen atoms in total. The molecule has 3 heterocycles. The van der Waals surface area contributed by atoms with Crippen LogP contribution in [0.3, 0.4) is 0 Å². The van der Waals surface area contributed by atoms with Crippen LogP contribution in [0, 0.1) is 0 Å². The molecule has 10 aromatic carbocycles. The standard InChI is InChI=1S/C63H40N4/c1-3-16-41(17-4-1)46-21-15-22-48(38-46)58-40-57(43-18-5-2-6-19-43)65-63(66-58)45-34-36-49(37-35-45)67-59-29-14-12-27-54(59)60-61(64-56-28-13-11-26-53(56)62(60)67)44-32-30-42(31-33-44)55-39-47-20-7-8-23-50(47)51-24-9-10-25-52(51)55/h1-40H. The maximum atomic E-state index is 5.44. The average Bonchev–Trinajstić information content (AvgIpc) is 3.76. The topological polar surface area (TPSA) is 43.6 Å². The highest BCUT2D eigenvalue weighted by Crippen LogP contribution is 2.43. The maximum Gasteiger partial charge on any atom is 0.160 e. The van der Waals surface area contributed by atoms with E-state index in [0.717, 1.165) is 83.3 Å². The summed E-state index contributed by atoms with van der Waals surface area (Å²) in [6.07, 6.45) is 0. The number of hydrogen-bond acceptors (Lipinski definition) is 3. The molecular formula is C63H40N4. The molecule has 4 heteroatoms. The summed E-state index contributed by atoms with van der Waals surface area (Å²) in [4.78, 5) is 15.9. The largest absolute Gasteiger partial charge is 0.308 e. The third-order valence-electron chi connectivity index (χ3n) is 13.2. The fourth-order valence-corrected chi connectivity index (χ4v) is 9.99. The van der Waals surface area contributed by atoms with Gasteiger partial charge in [0.25, 0.3) is 0 Å². The van der Waals surface area contributed by atoms with E-state index in [1.165, 1.54) is 38.2 Å². The molecule has 0 spiro atoms. The lowest BCUT2D eigenvalue weighted by Gasteiger charge is -2.14. The Morgan fingerprint density at radius 2 is 0.881 bits per heavy atom. The minimum Gasteiger partial charge on any atom is -0.308 e. The van der Waals surface area contributed by atoms with Crippen LogP contribution in [0.15, 0.2) is 243 Å². The first-order chi connectivity index (χ1) is 33.2. The highest BCUT2D eigenvalue weighted by atomic mass is 15.0. The van der Waals surface area contributed by atoms with Gasteiger partial charge in [-0.05, 0) is 98.4 Å². The van der Waals surface area contributed by atoms with E-state index in [-0.39, 0.29) is 0 Å². The molecule has 0 aliphatic carbocycles. The van der Waals surface area contributed by atoms with Gasteiger partial charge in [0.2, 0.25) is 0 Å². The Balaban J connectivity index is 0.944. The molecule has 0 radical (unpaired) electrons. The average molecular weight is 853 g/mol. The Bertz CT molecular complexity index is 4010. The number of para-hydroxylation sites is 2. The Morgan fingerprint density at radius 1 is 0.313 bits per heavy atom. The summed E-state index contributed by atoms with van der Waals surface area (Å²) < 4.78 is 2.40. The zero-order valence-corrected chi connectivity index (χ0v) is 36.4. The highest BCUT2D eigenvalue weighted by molar-refractivity contribution is 6.22. The lowest BCUT2D eigenvalue weighted by Crippen LogP contribution is -1.98. The van der Waals surface area contributed by atoms with Crippen LogP contribution >= 0.6 is 0 Å². The molecule has 0 aliphatic heterocycles. The third-order valence-corrected chi connectivity index (χ3v) is 13.2. The molecule has 13 rings (SSSR count). The predicted molar refractivity (Wildman–Crippen MR) is 279 cm³/mol. The number of rotatable bonds is 7. The first-order valence-corrected chi connectivity index (χ1v) is 22.8. The smallest absolute Gasteiger partial charge is 0.160 e. The van der Waals surface area contributed by atoms with E-state index < -0.39 is 0 Å². The molecular weight excluding hydrogens is 813 g/mol. The number of pyridine rings is 1. The molecule has 0 amide bonds. The van der Waals surface area contributed by atoms with Crippen LogP contribution in [0.2, 0.25) is 0 Å². The number of aromatic nitrogens is 4. The van der Waals surface area contributed by atoms with Crippen molar-refractivity contribution in [2.45, 2.75) is 0 Å². The van der Waals surface area contributed by atoms with Crippen molar-refractivity contribution in [2.24, 2.45) is 0 Å². The predicted octanol–water partition coefficient (Wildman–Crippen LogP) is 16.4. The summed E-state index contributed by atoms with van der Waals surface area (Å²) >= 11 is 0. The van der Waals surface area contributed by atoms with Gasteiger partial charge in [-0.2, -0.15) is 0 Å². The molecule has 3 aromatic heterocycles. The van der Waals surface area contributed by atoms with Crippen LogP contribution < -0.4 is 0 Å². The second-order valence-corrected chi connectivity index (χ2v) is 17.1. The van der Waals surface area contributed by atoms with E-state index in [0.29, 0.717) is 5.82 Å². The van der Waals surface area contributed by atoms with Crippen LogP contribution in [0.25, 0.3) is 127 Å². The Labute approximate surface area is 387 Å². The molecule has 0 saturated carbocycles. The monoisotopic (exact) mass is 852 g/mol. The van der Waals surface area contributed by atoms with E-state index in [1.54, 1.807) is 0 Å². The van der Waals surface area contributed by atoms with Crippen molar-refractivity contribution < 1.29 is 0 Å². The van der Waals surface area contributed by atoms with Gasteiger partial charge < -0.3 is 4.57 Å². The fourth-order valence-electron chi connectivity index (χ4n) is 9.99. The summed E-state index contributed by atoms with van der Waals surface area (Å²) in [6, 6.07) is 86.2. The first kappa shape index (κ1) is 38.5. The van der Waals surface area contributed by atoms with Gasteiger partial charge in [-0.1, -0.05) is 188 Å². The highest BCUT2D eigenvalue weighted by Gasteiger charge is 2.21. The lowest BCUT2D eigenvalue weighted by molar-refractivity contribution is 1.17. The number of nitrogens with zero attached hydrogens (tertiary/aromatic N) is 4. The van der Waals surface area contributed by atoms with Crippen LogP contribution in [-0.4, -0.2) is 19.5 Å². The zero-order chi connectivity index (χ0) is 44.3. The van der Waals surface area contributed by atoms with Gasteiger partial charge in [0.1, 0.15) is 0 Å². The van der Waals surface area contributed by atoms with Gasteiger partial charge in [-0.3, -0.25) is 0 Å². The van der Waals surface area contributed by atoms with Gasteiger partial charge in [0.05, 0.1) is 33.6 Å². The Kier molecular flexibility index (Phi) is 9.14. The van der Waals surface area contributed by atoms with Crippen molar-refractivity contribution in [1.29, 1.82) is 0 Å². The first-order valence-electron chi connectivity index (χ1n) is 22.8. The van der Waals surface area contributed by atoms with Crippen LogP contribution in [0.1, 0.15) is 0 Å². The number of benzene rings is 10. The van der Waals surface area contributed by atoms with Gasteiger partial charge in [-0.15, -0.1) is 0 Å². The van der Waals surface area contributed by atoms with Crippen molar-refractivity contribution in [2.75, 3.05) is 0 Å². The van der Waals surface area contributed by atoms with Gasteiger partial charge in [0.15, 0.2) is 5.82 Å². The third kappa shape index (κ3) is 6.65. The summed E-state index contributed by atoms with van der Waals surface area (Å²) in [6.45, 7) is 0. The van der Waals surface area contributed by atoms with Gasteiger partial charge in [-0.25, -0.2) is 15.0 Å². The molecule has 312 valence electrons. The van der Waals surface area contributed by atoms with Gasteiger partial charge >= 0.3 is 0 Å². The van der Waals surface area contributed by atoms with Crippen molar-refractivity contribution in [1.82, 2.24) is 19.5 Å². The molecule has 0 fully saturated rings. The second-order valence-electron chi connectivity index (χ2n) is 17.1. The molecule has 0 unspecified atom stereocenters. The van der Waals surface area contributed by atoms with E-state index in [2.05, 4.69) is 235 Å². The van der Waals surface area contributed by atoms with Gasteiger partial charge in [0, 0.05) is 44.1 Å². The summed E-state index contributed by atoms with van der Waals surface area (Å²) in [5, 5.41) is 8.40. The van der Waals surface area contributed by atoms with Crippen LogP contribution in [0.4, 0.5) is 0 Å². The second kappa shape index (κ2) is 15.9. The SMILES string of the molecule is c1ccc(-c2cccc(-c3cc(-c4ccccc4)nc(-c4ccc(-n5c6ccccc6c6c(-c7ccc(-c8cc9ccccc9c9ccccc89)cc7)nc7ccccc7c65)cc4)n3)c2)cc1. The summed E-state index contributed by atoms with van der Waals surface area (Å²) in [7, 11) is 0. The lowest BCUT2D eigenvalue weighted by atomic mass is 9.92. The molecule has 0 N–H and O–H groups in total. The van der Waals surface area contributed by atoms with Crippen molar-refractivity contribution in [3.8, 4) is 73.1 Å². The molecule has 67 heavy (non-hydrogen) atoms. The van der Waals surface area contributed by atoms with E-state index in [4.69, 9.17) is 15.0 Å². The van der Waals surface area contributed by atoms with Crippen molar-refractivity contribution in [3.63, 3.8) is 0 Å². The molecule has 0 aliphatic rings. The van der Waals surface area contributed by atoms with E-state index >= 15 is 0 Å². The molecule has 0 bridgehead atoms. The van der Waals surface area contributed by atoms with E-state index in [9.17, 15) is 0 Å². The Hall–Kier alpha value is -8.99. The molecule has 0 atom stereocenters. The normalized spacial score (nSPS) is 11.6. The summed E-state index contributed by atoms with van der Waals surface area (Å²) in [5.41, 5.74) is 15.8. The fraction of sp³-hybridized carbons (Fsp3) is 0. The van der Waals surface area contributed by atoms with E-state index in [1.807, 2.05) is 12.1 Å². The Morgan fingerprint density at radius 3 is 1.66 bits per heavy atom. The molecule has 0 saturated heterocycles. The van der Waals surface area contributed by atoms with Crippen LogP contribution in [0.5, 0.6) is 0 Å². The quantitative estimate of drug-likeness (QED) is 0.150. The minimum atomic E-state index is 0.673. The summed E-state index contributed by atoms with van der Waals surface area (Å²) in [5.74, 6) is 0.673. The van der Waals surface area contributed by atoms with Crippen LogP contribution in [-0.2, 0) is 0 Å².